The third-order valence-electron chi connectivity index (χ3n) is 5.48. The van der Waals surface area contributed by atoms with E-state index in [9.17, 15) is 4.79 Å². The number of amides is 1. The minimum absolute atomic E-state index is 0. The molecule has 2 unspecified atom stereocenters. The molecule has 0 aliphatic carbocycles. The third-order valence-corrected chi connectivity index (χ3v) is 7.97. The first-order valence-corrected chi connectivity index (χ1v) is 17.0. The predicted octanol–water partition coefficient (Wildman–Crippen LogP) is 8.32. The normalized spacial score (nSPS) is 16.5. The number of nitrogens with one attached hydrogen (secondary N) is 1. The van der Waals surface area contributed by atoms with E-state index in [0.717, 1.165) is 12.2 Å². The van der Waals surface area contributed by atoms with Crippen LogP contribution in [0.4, 0.5) is 0 Å². The molecule has 0 bridgehead atoms. The maximum absolute atomic E-state index is 11.9. The summed E-state index contributed by atoms with van der Waals surface area (Å²) in [5, 5.41) is 2.99. The van der Waals surface area contributed by atoms with Crippen LogP contribution in [0.25, 0.3) is 0 Å². The summed E-state index contributed by atoms with van der Waals surface area (Å²) in [6.45, 7) is 16.6. The van der Waals surface area contributed by atoms with Gasteiger partial charge >= 0.3 is 31.1 Å². The summed E-state index contributed by atoms with van der Waals surface area (Å²) in [6.07, 6.45) is 15.5. The smallest absolute Gasteiger partial charge is 0.376 e. The van der Waals surface area contributed by atoms with Crippen molar-refractivity contribution in [2.24, 2.45) is 5.92 Å². The first-order valence-electron chi connectivity index (χ1n) is 14.6. The first-order chi connectivity index (χ1) is 17.4. The van der Waals surface area contributed by atoms with Crippen molar-refractivity contribution >= 4 is 27.5 Å². The fourth-order valence-electron chi connectivity index (χ4n) is 3.67. The van der Waals surface area contributed by atoms with Crippen molar-refractivity contribution in [2.45, 2.75) is 130 Å². The van der Waals surface area contributed by atoms with Crippen molar-refractivity contribution < 1.29 is 50.1 Å². The van der Waals surface area contributed by atoms with Gasteiger partial charge in [0.15, 0.2) is 0 Å². The van der Waals surface area contributed by atoms with Gasteiger partial charge in [0.25, 0.3) is 0 Å². The largest absolute Gasteiger partial charge is 2.00 e. The van der Waals surface area contributed by atoms with Gasteiger partial charge in [-0.3, -0.25) is 4.79 Å². The second-order valence-electron chi connectivity index (χ2n) is 10.3. The first kappa shape index (κ1) is 43.6. The van der Waals surface area contributed by atoms with Gasteiger partial charge in [0, 0.05) is 31.1 Å². The minimum atomic E-state index is 0. The molecule has 5 nitrogen and oxygen atoms in total. The molecule has 1 saturated heterocycles. The van der Waals surface area contributed by atoms with E-state index in [0.29, 0.717) is 38.7 Å². The summed E-state index contributed by atoms with van der Waals surface area (Å²) >= 11 is 0. The molecule has 8 heteroatoms. The van der Waals surface area contributed by atoms with Crippen LogP contribution in [0.2, 0.25) is 0 Å². The Balaban J connectivity index is -0.00000190. The molecule has 0 radical (unpaired) electrons. The Morgan fingerprint density at radius 2 is 1.42 bits per heavy atom. The monoisotopic (exact) mass is 801 g/mol. The van der Waals surface area contributed by atoms with E-state index in [1.165, 1.54) is 70.0 Å². The number of hydrogen-bond acceptors (Lipinski definition) is 6. The van der Waals surface area contributed by atoms with Gasteiger partial charge in [-0.15, -0.1) is 0 Å². The van der Waals surface area contributed by atoms with Crippen LogP contribution in [0, 0.1) is 51.4 Å². The fourth-order valence-corrected chi connectivity index (χ4v) is 5.81. The van der Waals surface area contributed by atoms with Crippen LogP contribution in [0.5, 0.6) is 0 Å². The maximum Gasteiger partial charge on any atom is 2.00 e. The topological polar surface area (TPSA) is 56.8 Å². The molecule has 1 rings (SSSR count). The standard InChI is InChI=1S/C25H49NO4S2.C4H9.CH3.U/c1-4-5-6-7-8-9-10-11-12-13-18-31-32-19-15-25(27)26-16-14-17-29-23-20-28-21-24(23)30-22(2)3;1-4(2)3;;/h22-24H,4-21H2,1-3H3,(H,26,27);4H,1H2,2-3H3;1H3;/q;2*-1;+2. The van der Waals surface area contributed by atoms with E-state index in [2.05, 4.69) is 33.0 Å². The number of carbonyl (C=O) groups is 1. The Morgan fingerprint density at radius 1 is 0.895 bits per heavy atom. The van der Waals surface area contributed by atoms with Gasteiger partial charge < -0.3 is 33.9 Å². The van der Waals surface area contributed by atoms with E-state index >= 15 is 0 Å². The van der Waals surface area contributed by atoms with Crippen molar-refractivity contribution in [1.29, 1.82) is 0 Å². The molecule has 0 aromatic heterocycles. The zero-order chi connectivity index (χ0) is 26.9. The molecule has 1 fully saturated rings. The van der Waals surface area contributed by atoms with Gasteiger partial charge in [0.05, 0.1) is 19.3 Å². The number of ether oxygens (including phenoxy) is 3. The zero-order valence-electron chi connectivity index (χ0n) is 25.7. The van der Waals surface area contributed by atoms with Crippen LogP contribution in [0.15, 0.2) is 0 Å². The Hall–Kier alpha value is 1.10. The Bertz CT molecular complexity index is 484. The molecule has 0 aromatic rings. The SMILES string of the molecule is CCCCCCCCCCCCSSCCC(=O)NCCCOC1COCC1OC(C)C.[CH2-]C(C)C.[CH3-].[U+2]. The van der Waals surface area contributed by atoms with Crippen LogP contribution in [-0.4, -0.2) is 62.1 Å². The minimum Gasteiger partial charge on any atom is -0.376 e. The summed E-state index contributed by atoms with van der Waals surface area (Å²) in [5.74, 6) is 2.81. The second kappa shape index (κ2) is 32.6. The fraction of sp³-hybridized carbons (Fsp3) is 0.900. The summed E-state index contributed by atoms with van der Waals surface area (Å²) in [5.41, 5.74) is 0. The summed E-state index contributed by atoms with van der Waals surface area (Å²) in [7, 11) is 3.75. The molecule has 0 saturated carbocycles. The number of hydrogen-bond donors (Lipinski definition) is 1. The van der Waals surface area contributed by atoms with Crippen molar-refractivity contribution in [1.82, 2.24) is 5.32 Å². The van der Waals surface area contributed by atoms with E-state index in [4.69, 9.17) is 14.2 Å². The molecular weight excluding hydrogens is 740 g/mol. The Morgan fingerprint density at radius 3 is 2.00 bits per heavy atom. The molecule has 0 aromatic carbocycles. The molecule has 1 heterocycles. The van der Waals surface area contributed by atoms with Gasteiger partial charge in [0.2, 0.25) is 5.91 Å². The zero-order valence-corrected chi connectivity index (χ0v) is 31.5. The summed E-state index contributed by atoms with van der Waals surface area (Å²) < 4.78 is 17.1. The van der Waals surface area contributed by atoms with Crippen molar-refractivity contribution in [3.63, 3.8) is 0 Å². The Kier molecular flexibility index (Phi) is 37.4. The van der Waals surface area contributed by atoms with Gasteiger partial charge in [-0.25, -0.2) is 0 Å². The molecule has 1 N–H and O–H groups in total. The van der Waals surface area contributed by atoms with Crippen molar-refractivity contribution in [3.05, 3.63) is 14.4 Å². The van der Waals surface area contributed by atoms with Crippen LogP contribution in [0.1, 0.15) is 112 Å². The van der Waals surface area contributed by atoms with Gasteiger partial charge in [-0.05, 0) is 26.7 Å². The molecule has 2 atom stereocenters. The van der Waals surface area contributed by atoms with E-state index in [-0.39, 0.29) is 62.8 Å². The summed E-state index contributed by atoms with van der Waals surface area (Å²) in [4.78, 5) is 11.9. The van der Waals surface area contributed by atoms with Crippen LogP contribution < -0.4 is 5.32 Å². The third kappa shape index (κ3) is 31.6. The molecule has 38 heavy (non-hydrogen) atoms. The number of rotatable bonds is 22. The maximum atomic E-state index is 11.9. The van der Waals surface area contributed by atoms with Crippen LogP contribution in [0.3, 0.4) is 0 Å². The van der Waals surface area contributed by atoms with Crippen LogP contribution in [-0.2, 0) is 19.0 Å². The molecular formula is C30H61NO4S2U. The van der Waals surface area contributed by atoms with Crippen LogP contribution >= 0.6 is 21.6 Å². The average molecular weight is 802 g/mol. The van der Waals surface area contributed by atoms with E-state index < -0.39 is 0 Å². The quantitative estimate of drug-likeness (QED) is 0.0676. The number of carbonyl (C=O) groups excluding carboxylic acids is 1. The average Bonchev–Trinajstić information content (AvgIpc) is 3.24. The molecule has 226 valence electrons. The molecule has 0 spiro atoms. The van der Waals surface area contributed by atoms with Crippen molar-refractivity contribution in [2.75, 3.05) is 37.9 Å². The Labute approximate surface area is 269 Å². The molecule has 1 amide bonds. The second-order valence-corrected chi connectivity index (χ2v) is 13.0. The summed E-state index contributed by atoms with van der Waals surface area (Å²) in [6, 6.07) is 0. The molecule has 1 aliphatic heterocycles. The van der Waals surface area contributed by atoms with Crippen molar-refractivity contribution in [3.8, 4) is 0 Å². The van der Waals surface area contributed by atoms with E-state index in [1.807, 2.05) is 35.4 Å². The number of unbranched alkanes of at least 4 members (excludes halogenated alkanes) is 9. The predicted molar refractivity (Wildman–Crippen MR) is 166 cm³/mol. The van der Waals surface area contributed by atoms with Gasteiger partial charge in [0.1, 0.15) is 12.2 Å². The van der Waals surface area contributed by atoms with Gasteiger partial charge in [-0.2, -0.15) is 5.92 Å². The van der Waals surface area contributed by atoms with E-state index in [1.54, 1.807) is 0 Å². The van der Waals surface area contributed by atoms with Gasteiger partial charge in [-0.1, -0.05) is 100 Å². The molecule has 1 aliphatic rings.